The third-order valence-electron chi connectivity index (χ3n) is 6.50. The number of hydrogen-bond acceptors (Lipinski definition) is 3. The highest BCUT2D eigenvalue weighted by atomic mass is 19.1. The monoisotopic (exact) mass is 512 g/mol. The zero-order valence-corrected chi connectivity index (χ0v) is 21.6. The van der Waals surface area contributed by atoms with Gasteiger partial charge in [0.1, 0.15) is 17.6 Å². The van der Waals surface area contributed by atoms with Gasteiger partial charge in [0.15, 0.2) is 6.61 Å². The molecule has 0 aliphatic heterocycles. The minimum absolute atomic E-state index is 0.0525. The Labute approximate surface area is 223 Å². The first-order valence-electron chi connectivity index (χ1n) is 13.0. The largest absolute Gasteiger partial charge is 0.483 e. The molecule has 6 heteroatoms. The van der Waals surface area contributed by atoms with Crippen LogP contribution in [-0.2, 0) is 22.6 Å². The lowest BCUT2D eigenvalue weighted by molar-refractivity contribution is -0.142. The second-order valence-corrected chi connectivity index (χ2v) is 9.23. The summed E-state index contributed by atoms with van der Waals surface area (Å²) in [6.45, 7) is 2.22. The third-order valence-corrected chi connectivity index (χ3v) is 6.50. The van der Waals surface area contributed by atoms with Gasteiger partial charge in [-0.05, 0) is 29.5 Å². The van der Waals surface area contributed by atoms with Crippen molar-refractivity contribution in [2.75, 3.05) is 13.2 Å². The number of halogens is 1. The van der Waals surface area contributed by atoms with Crippen LogP contribution in [0.15, 0.2) is 97.1 Å². The van der Waals surface area contributed by atoms with Crippen molar-refractivity contribution < 1.29 is 18.7 Å². The molecule has 0 radical (unpaired) electrons. The summed E-state index contributed by atoms with van der Waals surface area (Å²) >= 11 is 0. The van der Waals surface area contributed by atoms with Crippen LogP contribution in [0.5, 0.6) is 5.75 Å². The molecule has 196 valence electrons. The Hall–Kier alpha value is -4.19. The van der Waals surface area contributed by atoms with Crippen LogP contribution < -0.4 is 10.1 Å². The number of fused-ring (bicyclic) bond motifs is 1. The van der Waals surface area contributed by atoms with Crippen molar-refractivity contribution in [3.05, 3.63) is 114 Å². The van der Waals surface area contributed by atoms with Gasteiger partial charge in [0, 0.05) is 30.5 Å². The molecule has 4 aromatic rings. The molecule has 0 fully saturated rings. The van der Waals surface area contributed by atoms with E-state index in [9.17, 15) is 14.0 Å². The maximum Gasteiger partial charge on any atom is 0.261 e. The van der Waals surface area contributed by atoms with E-state index in [0.29, 0.717) is 24.3 Å². The Bertz CT molecular complexity index is 1350. The molecule has 5 nitrogen and oxygen atoms in total. The van der Waals surface area contributed by atoms with Gasteiger partial charge in [0.2, 0.25) is 5.91 Å². The van der Waals surface area contributed by atoms with Gasteiger partial charge in [-0.15, -0.1) is 0 Å². The number of nitrogens with zero attached hydrogens (tertiary/aromatic N) is 1. The van der Waals surface area contributed by atoms with Gasteiger partial charge in [-0.3, -0.25) is 9.59 Å². The number of carbonyl (C=O) groups excluding carboxylic acids is 2. The van der Waals surface area contributed by atoms with Gasteiger partial charge in [0.05, 0.1) is 0 Å². The first kappa shape index (κ1) is 26.9. The van der Waals surface area contributed by atoms with E-state index in [2.05, 4.69) is 5.32 Å². The molecule has 0 heterocycles. The van der Waals surface area contributed by atoms with Crippen LogP contribution >= 0.6 is 0 Å². The average Bonchev–Trinajstić information content (AvgIpc) is 2.95. The van der Waals surface area contributed by atoms with E-state index in [1.165, 1.54) is 11.0 Å². The van der Waals surface area contributed by atoms with Gasteiger partial charge >= 0.3 is 0 Å². The predicted octanol–water partition coefficient (Wildman–Crippen LogP) is 5.91. The second kappa shape index (κ2) is 13.4. The molecule has 4 rings (SSSR count). The number of carbonyl (C=O) groups is 2. The molecule has 0 bridgehead atoms. The molecule has 1 atom stereocenters. The van der Waals surface area contributed by atoms with Crippen molar-refractivity contribution in [1.29, 1.82) is 0 Å². The van der Waals surface area contributed by atoms with Crippen molar-refractivity contribution in [3.8, 4) is 5.75 Å². The summed E-state index contributed by atoms with van der Waals surface area (Å²) in [6.07, 6.45) is 2.06. The van der Waals surface area contributed by atoms with Crippen LogP contribution in [0.4, 0.5) is 4.39 Å². The molecule has 0 aromatic heterocycles. The zero-order valence-electron chi connectivity index (χ0n) is 21.6. The van der Waals surface area contributed by atoms with E-state index in [0.717, 1.165) is 29.2 Å². The van der Waals surface area contributed by atoms with Gasteiger partial charge in [0.25, 0.3) is 5.91 Å². The van der Waals surface area contributed by atoms with Gasteiger partial charge < -0.3 is 15.0 Å². The third kappa shape index (κ3) is 6.97. The molecule has 1 N–H and O–H groups in total. The van der Waals surface area contributed by atoms with Crippen molar-refractivity contribution in [2.24, 2.45) is 0 Å². The van der Waals surface area contributed by atoms with E-state index >= 15 is 0 Å². The molecule has 0 saturated carbocycles. The fourth-order valence-corrected chi connectivity index (χ4v) is 4.41. The summed E-state index contributed by atoms with van der Waals surface area (Å²) in [5.74, 6) is -0.510. The minimum atomic E-state index is -0.836. The fraction of sp³-hybridized carbons (Fsp3) is 0.250. The number of nitrogens with one attached hydrogen (secondary N) is 1. The van der Waals surface area contributed by atoms with E-state index in [-0.39, 0.29) is 19.1 Å². The number of amides is 2. The number of benzene rings is 4. The van der Waals surface area contributed by atoms with Crippen LogP contribution in [0, 0.1) is 5.82 Å². The lowest BCUT2D eigenvalue weighted by atomic mass is 10.0. The Morgan fingerprint density at radius 1 is 0.895 bits per heavy atom. The second-order valence-electron chi connectivity index (χ2n) is 9.23. The van der Waals surface area contributed by atoms with Crippen LogP contribution in [0.2, 0.25) is 0 Å². The number of rotatable bonds is 12. The highest BCUT2D eigenvalue weighted by Gasteiger charge is 2.31. The normalized spacial score (nSPS) is 11.6. The molecule has 0 aliphatic carbocycles. The number of ether oxygens (including phenoxy) is 1. The van der Waals surface area contributed by atoms with Crippen molar-refractivity contribution in [1.82, 2.24) is 10.2 Å². The van der Waals surface area contributed by atoms with Gasteiger partial charge in [-0.1, -0.05) is 98.3 Å². The van der Waals surface area contributed by atoms with Crippen molar-refractivity contribution in [2.45, 2.75) is 38.8 Å². The quantitative estimate of drug-likeness (QED) is 0.240. The maximum absolute atomic E-state index is 14.7. The molecular formula is C32H33FN2O3. The highest BCUT2D eigenvalue weighted by molar-refractivity contribution is 5.90. The molecule has 0 spiro atoms. The van der Waals surface area contributed by atoms with E-state index < -0.39 is 17.8 Å². The smallest absolute Gasteiger partial charge is 0.261 e. The summed E-state index contributed by atoms with van der Waals surface area (Å²) in [4.78, 5) is 28.6. The van der Waals surface area contributed by atoms with E-state index in [1.807, 2.05) is 79.7 Å². The van der Waals surface area contributed by atoms with Gasteiger partial charge in [-0.25, -0.2) is 4.39 Å². The SMILES string of the molecule is CCCCNC(=O)[C@@H](Cc1ccccc1)N(Cc1ccccc1F)C(=O)COc1cccc2ccccc12. The van der Waals surface area contributed by atoms with E-state index in [4.69, 9.17) is 4.74 Å². The first-order valence-corrected chi connectivity index (χ1v) is 13.0. The first-order chi connectivity index (χ1) is 18.6. The zero-order chi connectivity index (χ0) is 26.7. The minimum Gasteiger partial charge on any atom is -0.483 e. The van der Waals surface area contributed by atoms with Crippen LogP contribution in [0.3, 0.4) is 0 Å². The van der Waals surface area contributed by atoms with Crippen molar-refractivity contribution >= 4 is 22.6 Å². The van der Waals surface area contributed by atoms with Crippen molar-refractivity contribution in [3.63, 3.8) is 0 Å². The summed E-state index contributed by atoms with van der Waals surface area (Å²) in [6, 6.07) is 28.5. The average molecular weight is 513 g/mol. The summed E-state index contributed by atoms with van der Waals surface area (Å²) in [5.41, 5.74) is 1.25. The number of hydrogen-bond donors (Lipinski definition) is 1. The molecule has 38 heavy (non-hydrogen) atoms. The lowest BCUT2D eigenvalue weighted by Crippen LogP contribution is -2.52. The molecule has 0 unspecified atom stereocenters. The Morgan fingerprint density at radius 3 is 2.39 bits per heavy atom. The Balaban J connectivity index is 1.63. The lowest BCUT2D eigenvalue weighted by Gasteiger charge is -2.31. The summed E-state index contributed by atoms with van der Waals surface area (Å²) in [7, 11) is 0. The molecule has 4 aromatic carbocycles. The number of unbranched alkanes of at least 4 members (excludes halogenated alkanes) is 1. The molecule has 2 amide bonds. The summed E-state index contributed by atoms with van der Waals surface area (Å²) < 4.78 is 20.7. The van der Waals surface area contributed by atoms with Crippen LogP contribution in [0.25, 0.3) is 10.8 Å². The standard InChI is InChI=1S/C32H33FN2O3/c1-2-3-20-34-32(37)29(21-24-12-5-4-6-13-24)35(22-26-15-8-10-18-28(26)33)31(36)23-38-30-19-11-16-25-14-7-9-17-27(25)30/h4-19,29H,2-3,20-23H2,1H3,(H,34,37)/t29-/m1/s1. The Morgan fingerprint density at radius 2 is 1.61 bits per heavy atom. The topological polar surface area (TPSA) is 58.6 Å². The highest BCUT2D eigenvalue weighted by Crippen LogP contribution is 2.25. The molecule has 0 saturated heterocycles. The molecular weight excluding hydrogens is 479 g/mol. The Kier molecular flexibility index (Phi) is 9.46. The predicted molar refractivity (Wildman–Crippen MR) is 148 cm³/mol. The molecule has 0 aliphatic rings. The van der Waals surface area contributed by atoms with Crippen LogP contribution in [-0.4, -0.2) is 35.9 Å². The summed E-state index contributed by atoms with van der Waals surface area (Å²) in [5, 5.41) is 4.86. The van der Waals surface area contributed by atoms with Gasteiger partial charge in [-0.2, -0.15) is 0 Å². The maximum atomic E-state index is 14.7. The van der Waals surface area contributed by atoms with Crippen LogP contribution in [0.1, 0.15) is 30.9 Å². The fourth-order valence-electron chi connectivity index (χ4n) is 4.41. The van der Waals surface area contributed by atoms with E-state index in [1.54, 1.807) is 18.2 Å².